The van der Waals surface area contributed by atoms with Crippen molar-refractivity contribution in [3.05, 3.63) is 54.1 Å². The molecule has 2 aromatic carbocycles. The third-order valence-corrected chi connectivity index (χ3v) is 5.22. The Labute approximate surface area is 123 Å². The standard InChI is InChI=1S/C16H15NO3S/c1-2-11-7-8-13(10-15(11)18)21(19,20)16-9-12-5-3-4-6-14(12)17-16/h3-10,17-18H,2H2,1H3. The molecule has 0 aliphatic heterocycles. The Morgan fingerprint density at radius 2 is 1.86 bits per heavy atom. The van der Waals surface area contributed by atoms with Crippen molar-refractivity contribution in [3.63, 3.8) is 0 Å². The highest BCUT2D eigenvalue weighted by Gasteiger charge is 2.21. The number of benzene rings is 2. The minimum atomic E-state index is -3.66. The summed E-state index contributed by atoms with van der Waals surface area (Å²) in [5.41, 5.74) is 1.50. The van der Waals surface area contributed by atoms with E-state index in [4.69, 9.17) is 0 Å². The SMILES string of the molecule is CCc1ccc(S(=O)(=O)c2cc3ccccc3[nH]2)cc1O. The molecule has 0 amide bonds. The van der Waals surface area contributed by atoms with E-state index in [1.54, 1.807) is 12.1 Å². The van der Waals surface area contributed by atoms with Crippen LogP contribution in [0, 0.1) is 0 Å². The predicted molar refractivity (Wildman–Crippen MR) is 81.2 cm³/mol. The minimum Gasteiger partial charge on any atom is -0.508 e. The van der Waals surface area contributed by atoms with Crippen LogP contribution in [0.1, 0.15) is 12.5 Å². The van der Waals surface area contributed by atoms with Crippen molar-refractivity contribution in [1.82, 2.24) is 4.98 Å². The summed E-state index contributed by atoms with van der Waals surface area (Å²) in [5, 5.41) is 10.8. The lowest BCUT2D eigenvalue weighted by Gasteiger charge is -2.06. The van der Waals surface area contributed by atoms with Gasteiger partial charge in [-0.15, -0.1) is 0 Å². The molecule has 2 N–H and O–H groups in total. The molecule has 0 atom stereocenters. The fourth-order valence-electron chi connectivity index (χ4n) is 2.33. The Kier molecular flexibility index (Phi) is 3.22. The van der Waals surface area contributed by atoms with Crippen LogP contribution >= 0.6 is 0 Å². The van der Waals surface area contributed by atoms with Gasteiger partial charge < -0.3 is 10.1 Å². The van der Waals surface area contributed by atoms with Gasteiger partial charge in [0.1, 0.15) is 10.8 Å². The molecule has 1 aromatic heterocycles. The number of rotatable bonds is 3. The molecule has 0 spiro atoms. The number of aromatic amines is 1. The molecule has 5 heteroatoms. The Morgan fingerprint density at radius 3 is 2.52 bits per heavy atom. The van der Waals surface area contributed by atoms with Crippen LogP contribution in [0.5, 0.6) is 5.75 Å². The fraction of sp³-hybridized carbons (Fsp3) is 0.125. The van der Waals surface area contributed by atoms with Crippen molar-refractivity contribution in [1.29, 1.82) is 0 Å². The van der Waals surface area contributed by atoms with E-state index in [2.05, 4.69) is 4.98 Å². The fourth-order valence-corrected chi connectivity index (χ4v) is 3.62. The molecular formula is C16H15NO3S. The summed E-state index contributed by atoms with van der Waals surface area (Å²) in [6, 6.07) is 13.5. The number of hydrogen-bond donors (Lipinski definition) is 2. The third-order valence-electron chi connectivity index (χ3n) is 3.54. The van der Waals surface area contributed by atoms with E-state index in [0.717, 1.165) is 16.5 Å². The normalized spacial score (nSPS) is 11.9. The molecule has 0 saturated carbocycles. The zero-order valence-electron chi connectivity index (χ0n) is 11.5. The molecule has 21 heavy (non-hydrogen) atoms. The summed E-state index contributed by atoms with van der Waals surface area (Å²) in [5.74, 6) is 0.00897. The highest BCUT2D eigenvalue weighted by molar-refractivity contribution is 7.91. The van der Waals surface area contributed by atoms with Gasteiger partial charge in [0.05, 0.1) is 4.90 Å². The number of fused-ring (bicyclic) bond motifs is 1. The maximum atomic E-state index is 12.6. The van der Waals surface area contributed by atoms with Gasteiger partial charge in [-0.3, -0.25) is 0 Å². The lowest BCUT2D eigenvalue weighted by molar-refractivity contribution is 0.466. The van der Waals surface area contributed by atoms with E-state index in [0.29, 0.717) is 6.42 Å². The van der Waals surface area contributed by atoms with Gasteiger partial charge in [-0.1, -0.05) is 31.2 Å². The second-order valence-electron chi connectivity index (χ2n) is 4.87. The number of aryl methyl sites for hydroxylation is 1. The maximum absolute atomic E-state index is 12.6. The quantitative estimate of drug-likeness (QED) is 0.780. The second-order valence-corrected chi connectivity index (χ2v) is 6.79. The van der Waals surface area contributed by atoms with Crippen LogP contribution in [0.4, 0.5) is 0 Å². The first-order chi connectivity index (χ1) is 10.0. The lowest BCUT2D eigenvalue weighted by atomic mass is 10.1. The summed E-state index contributed by atoms with van der Waals surface area (Å²) in [4.78, 5) is 3.00. The van der Waals surface area contributed by atoms with Crippen LogP contribution < -0.4 is 0 Å². The molecule has 4 nitrogen and oxygen atoms in total. The first kappa shape index (κ1) is 13.7. The Bertz CT molecular complexity index is 877. The number of aromatic nitrogens is 1. The van der Waals surface area contributed by atoms with Crippen molar-refractivity contribution in [2.45, 2.75) is 23.3 Å². The Hall–Kier alpha value is -2.27. The molecule has 0 aliphatic carbocycles. The molecule has 0 fully saturated rings. The predicted octanol–water partition coefficient (Wildman–Crippen LogP) is 3.27. The molecule has 3 aromatic rings. The lowest BCUT2D eigenvalue weighted by Crippen LogP contribution is -2.02. The van der Waals surface area contributed by atoms with Crippen molar-refractivity contribution in [2.24, 2.45) is 0 Å². The second kappa shape index (κ2) is 4.93. The molecule has 0 saturated heterocycles. The molecule has 1 heterocycles. The van der Waals surface area contributed by atoms with Gasteiger partial charge in [0.15, 0.2) is 0 Å². The molecule has 108 valence electrons. The first-order valence-electron chi connectivity index (χ1n) is 6.67. The van der Waals surface area contributed by atoms with Gasteiger partial charge in [0.25, 0.3) is 0 Å². The summed E-state index contributed by atoms with van der Waals surface area (Å²) in [6.45, 7) is 1.90. The largest absolute Gasteiger partial charge is 0.508 e. The van der Waals surface area contributed by atoms with Gasteiger partial charge in [-0.05, 0) is 36.2 Å². The van der Waals surface area contributed by atoms with E-state index >= 15 is 0 Å². The van der Waals surface area contributed by atoms with Crippen molar-refractivity contribution < 1.29 is 13.5 Å². The topological polar surface area (TPSA) is 70.2 Å². The van der Waals surface area contributed by atoms with E-state index < -0.39 is 9.84 Å². The van der Waals surface area contributed by atoms with E-state index in [-0.39, 0.29) is 15.7 Å². The zero-order valence-corrected chi connectivity index (χ0v) is 12.3. The average molecular weight is 301 g/mol. The van der Waals surface area contributed by atoms with Crippen LogP contribution in [0.2, 0.25) is 0 Å². The number of sulfone groups is 1. The highest BCUT2D eigenvalue weighted by Crippen LogP contribution is 2.28. The highest BCUT2D eigenvalue weighted by atomic mass is 32.2. The minimum absolute atomic E-state index is 0.00897. The summed E-state index contributed by atoms with van der Waals surface area (Å²) in [6.07, 6.45) is 0.651. The smallest absolute Gasteiger partial charge is 0.221 e. The van der Waals surface area contributed by atoms with Gasteiger partial charge in [0, 0.05) is 10.9 Å². The maximum Gasteiger partial charge on any atom is 0.221 e. The van der Waals surface area contributed by atoms with Crippen LogP contribution in [0.3, 0.4) is 0 Å². The van der Waals surface area contributed by atoms with E-state index in [1.807, 2.05) is 31.2 Å². The van der Waals surface area contributed by atoms with Crippen molar-refractivity contribution in [3.8, 4) is 5.75 Å². The summed E-state index contributed by atoms with van der Waals surface area (Å²) in [7, 11) is -3.66. The number of aromatic hydroxyl groups is 1. The number of phenolic OH excluding ortho intramolecular Hbond substituents is 1. The Morgan fingerprint density at radius 1 is 1.10 bits per heavy atom. The number of para-hydroxylation sites is 1. The molecule has 0 radical (unpaired) electrons. The van der Waals surface area contributed by atoms with Crippen molar-refractivity contribution >= 4 is 20.7 Å². The number of nitrogens with one attached hydrogen (secondary N) is 1. The molecular weight excluding hydrogens is 286 g/mol. The summed E-state index contributed by atoms with van der Waals surface area (Å²) < 4.78 is 25.2. The average Bonchev–Trinajstić information content (AvgIpc) is 2.92. The molecule has 0 aliphatic rings. The van der Waals surface area contributed by atoms with Crippen molar-refractivity contribution in [2.75, 3.05) is 0 Å². The third kappa shape index (κ3) is 2.29. The van der Waals surface area contributed by atoms with Crippen LogP contribution in [-0.4, -0.2) is 18.5 Å². The van der Waals surface area contributed by atoms with Gasteiger partial charge >= 0.3 is 0 Å². The first-order valence-corrected chi connectivity index (χ1v) is 8.15. The molecule has 0 unspecified atom stereocenters. The van der Waals surface area contributed by atoms with Crippen LogP contribution in [0.25, 0.3) is 10.9 Å². The summed E-state index contributed by atoms with van der Waals surface area (Å²) >= 11 is 0. The number of H-pyrrole nitrogens is 1. The van der Waals surface area contributed by atoms with Gasteiger partial charge in [-0.2, -0.15) is 0 Å². The number of phenols is 1. The van der Waals surface area contributed by atoms with Gasteiger partial charge in [-0.25, -0.2) is 8.42 Å². The Balaban J connectivity index is 2.13. The van der Waals surface area contributed by atoms with E-state index in [9.17, 15) is 13.5 Å². The van der Waals surface area contributed by atoms with Crippen LogP contribution in [0.15, 0.2) is 58.5 Å². The number of hydrogen-bond acceptors (Lipinski definition) is 3. The molecule has 3 rings (SSSR count). The van der Waals surface area contributed by atoms with Crippen LogP contribution in [-0.2, 0) is 16.3 Å². The van der Waals surface area contributed by atoms with Gasteiger partial charge in [0.2, 0.25) is 9.84 Å². The monoisotopic (exact) mass is 301 g/mol. The molecule has 0 bridgehead atoms. The van der Waals surface area contributed by atoms with E-state index in [1.165, 1.54) is 12.1 Å². The zero-order chi connectivity index (χ0) is 15.0.